The summed E-state index contributed by atoms with van der Waals surface area (Å²) in [7, 11) is 0. The van der Waals surface area contributed by atoms with Gasteiger partial charge in [0.1, 0.15) is 5.65 Å². The van der Waals surface area contributed by atoms with E-state index in [1.165, 1.54) is 0 Å². The fraction of sp³-hybridized carbons (Fsp3) is 0.219. The number of carbonyl (C=O) groups is 1. The van der Waals surface area contributed by atoms with E-state index in [1.807, 2.05) is 34.7 Å². The minimum atomic E-state index is -0.505. The van der Waals surface area contributed by atoms with E-state index in [2.05, 4.69) is 59.6 Å². The van der Waals surface area contributed by atoms with E-state index in [9.17, 15) is 10.1 Å². The number of esters is 1. The third kappa shape index (κ3) is 4.78. The van der Waals surface area contributed by atoms with Crippen molar-refractivity contribution in [2.24, 2.45) is 0 Å². The molecule has 1 saturated heterocycles. The zero-order valence-corrected chi connectivity index (χ0v) is 22.4. The van der Waals surface area contributed by atoms with Crippen molar-refractivity contribution in [3.8, 4) is 17.2 Å². The van der Waals surface area contributed by atoms with Crippen molar-refractivity contribution in [1.29, 1.82) is 5.26 Å². The van der Waals surface area contributed by atoms with Gasteiger partial charge in [-0.3, -0.25) is 4.40 Å². The molecule has 0 saturated carbocycles. The minimum Gasteiger partial charge on any atom is -0.461 e. The molecule has 0 aliphatic carbocycles. The Morgan fingerprint density at radius 3 is 2.62 bits per heavy atom. The van der Waals surface area contributed by atoms with Crippen LogP contribution in [0.15, 0.2) is 94.9 Å². The number of imidazole rings is 1. The first kappa shape index (κ1) is 25.2. The number of fused-ring (bicyclic) bond motifs is 3. The molecule has 3 heterocycles. The lowest BCUT2D eigenvalue weighted by Crippen LogP contribution is -2.32. The highest BCUT2D eigenvalue weighted by Crippen LogP contribution is 2.39. The van der Waals surface area contributed by atoms with Gasteiger partial charge in [-0.05, 0) is 66.8 Å². The maximum atomic E-state index is 12.5. The molecule has 1 fully saturated rings. The highest BCUT2D eigenvalue weighted by molar-refractivity contribution is 7.99. The van der Waals surface area contributed by atoms with E-state index in [-0.39, 0.29) is 5.69 Å². The molecular formula is C32H27N3O3S. The smallest absolute Gasteiger partial charge is 0.358 e. The predicted molar refractivity (Wildman–Crippen MR) is 152 cm³/mol. The maximum absolute atomic E-state index is 12.5. The Kier molecular flexibility index (Phi) is 6.82. The van der Waals surface area contributed by atoms with E-state index >= 15 is 0 Å². The molecule has 0 radical (unpaired) electrons. The summed E-state index contributed by atoms with van der Waals surface area (Å²) < 4.78 is 12.7. The van der Waals surface area contributed by atoms with Crippen LogP contribution in [0.1, 0.15) is 35.8 Å². The van der Waals surface area contributed by atoms with E-state index in [0.717, 1.165) is 37.4 Å². The third-order valence-electron chi connectivity index (χ3n) is 7.28. The average molecular weight is 534 g/mol. The normalized spacial score (nSPS) is 14.8. The molecule has 0 N–H and O–H groups in total. The van der Waals surface area contributed by atoms with E-state index < -0.39 is 11.4 Å². The van der Waals surface area contributed by atoms with E-state index in [0.29, 0.717) is 38.3 Å². The van der Waals surface area contributed by atoms with Crippen molar-refractivity contribution < 1.29 is 14.3 Å². The van der Waals surface area contributed by atoms with Crippen LogP contribution in [0, 0.1) is 11.3 Å². The Balaban J connectivity index is 1.44. The summed E-state index contributed by atoms with van der Waals surface area (Å²) in [5.74, 6) is -0.433. The fourth-order valence-electron chi connectivity index (χ4n) is 5.24. The van der Waals surface area contributed by atoms with Crippen LogP contribution < -0.4 is 0 Å². The van der Waals surface area contributed by atoms with Crippen molar-refractivity contribution in [1.82, 2.24) is 9.38 Å². The quantitative estimate of drug-likeness (QED) is 0.218. The second-order valence-electron chi connectivity index (χ2n) is 9.61. The predicted octanol–water partition coefficient (Wildman–Crippen LogP) is 7.05. The van der Waals surface area contributed by atoms with Crippen molar-refractivity contribution in [3.05, 3.63) is 96.3 Å². The fourth-order valence-corrected chi connectivity index (χ4v) is 6.15. The molecule has 6 rings (SSSR count). The molecule has 0 atom stereocenters. The van der Waals surface area contributed by atoms with Gasteiger partial charge in [-0.15, -0.1) is 0 Å². The van der Waals surface area contributed by atoms with Gasteiger partial charge >= 0.3 is 5.97 Å². The Morgan fingerprint density at radius 1 is 1.05 bits per heavy atom. The topological polar surface area (TPSA) is 76.6 Å². The number of rotatable bonds is 6. The third-order valence-corrected chi connectivity index (χ3v) is 8.26. The first-order valence-corrected chi connectivity index (χ1v) is 13.9. The van der Waals surface area contributed by atoms with Gasteiger partial charge < -0.3 is 9.47 Å². The van der Waals surface area contributed by atoms with Gasteiger partial charge in [0.15, 0.2) is 5.69 Å². The lowest BCUT2D eigenvalue weighted by atomic mass is 9.75. The number of ether oxygens (including phenoxy) is 2. The standard InChI is InChI=1S/C32H27N3O3S/c1-2-38-31(36)28-20-35-29-18-25(11-12-26(29)27(19-30(35)34-28)22-7-4-3-5-8-22)39-24-10-6-9-23(17-24)32(21-33)13-15-37-16-14-32/h3-12,17-20H,2,13-16H2,1H3. The lowest BCUT2D eigenvalue weighted by molar-refractivity contribution is 0.0520. The second kappa shape index (κ2) is 10.6. The molecule has 39 heavy (non-hydrogen) atoms. The van der Waals surface area contributed by atoms with Gasteiger partial charge in [-0.1, -0.05) is 60.3 Å². The second-order valence-corrected chi connectivity index (χ2v) is 10.8. The lowest BCUT2D eigenvalue weighted by Gasteiger charge is -2.31. The van der Waals surface area contributed by atoms with Crippen LogP contribution >= 0.6 is 11.8 Å². The van der Waals surface area contributed by atoms with E-state index in [1.54, 1.807) is 24.9 Å². The molecule has 3 aromatic carbocycles. The summed E-state index contributed by atoms with van der Waals surface area (Å²) in [4.78, 5) is 19.2. The molecule has 2 aromatic heterocycles. The molecule has 0 unspecified atom stereocenters. The monoisotopic (exact) mass is 533 g/mol. The van der Waals surface area contributed by atoms with Gasteiger partial charge in [-0.2, -0.15) is 5.26 Å². The van der Waals surface area contributed by atoms with Crippen molar-refractivity contribution in [2.45, 2.75) is 35.0 Å². The van der Waals surface area contributed by atoms with Crippen LogP contribution in [0.4, 0.5) is 0 Å². The zero-order valence-electron chi connectivity index (χ0n) is 21.6. The van der Waals surface area contributed by atoms with Crippen molar-refractivity contribution in [2.75, 3.05) is 19.8 Å². The highest BCUT2D eigenvalue weighted by Gasteiger charge is 2.34. The summed E-state index contributed by atoms with van der Waals surface area (Å²) in [6.45, 7) is 3.29. The summed E-state index contributed by atoms with van der Waals surface area (Å²) in [5.41, 5.74) is 4.59. The van der Waals surface area contributed by atoms with Gasteiger partial charge in [0.25, 0.3) is 0 Å². The van der Waals surface area contributed by atoms with Gasteiger partial charge in [-0.25, -0.2) is 9.78 Å². The SMILES string of the molecule is CCOC(=O)c1cn2c(cc(-c3ccccc3)c3ccc(Sc4cccc(C5(C#N)CCOCC5)c4)cc32)n1. The zero-order chi connectivity index (χ0) is 26.8. The number of carbonyl (C=O) groups excluding carboxylic acids is 1. The number of hydrogen-bond donors (Lipinski definition) is 0. The van der Waals surface area contributed by atoms with Crippen LogP contribution in [0.2, 0.25) is 0 Å². The molecular weight excluding hydrogens is 506 g/mol. The Bertz CT molecular complexity index is 1720. The van der Waals surface area contributed by atoms with Crippen molar-refractivity contribution in [3.63, 3.8) is 0 Å². The van der Waals surface area contributed by atoms with Crippen LogP contribution in [0.5, 0.6) is 0 Å². The first-order chi connectivity index (χ1) is 19.1. The Hall–Kier alpha value is -4.12. The summed E-state index contributed by atoms with van der Waals surface area (Å²) in [5, 5.41) is 11.1. The summed E-state index contributed by atoms with van der Waals surface area (Å²) in [6.07, 6.45) is 3.16. The molecule has 194 valence electrons. The molecule has 1 aliphatic heterocycles. The Morgan fingerprint density at radius 2 is 1.85 bits per heavy atom. The van der Waals surface area contributed by atoms with Gasteiger partial charge in [0.05, 0.1) is 23.6 Å². The first-order valence-electron chi connectivity index (χ1n) is 13.1. The van der Waals surface area contributed by atoms with Crippen molar-refractivity contribution >= 4 is 34.3 Å². The molecule has 7 heteroatoms. The number of aromatic nitrogens is 2. The highest BCUT2D eigenvalue weighted by atomic mass is 32.2. The average Bonchev–Trinajstić information content (AvgIpc) is 3.43. The van der Waals surface area contributed by atoms with Crippen LogP contribution in [0.25, 0.3) is 27.7 Å². The van der Waals surface area contributed by atoms with E-state index in [4.69, 9.17) is 9.47 Å². The van der Waals surface area contributed by atoms with Gasteiger partial charge in [0, 0.05) is 34.6 Å². The molecule has 1 aliphatic rings. The molecule has 5 aromatic rings. The Labute approximate surface area is 231 Å². The van der Waals surface area contributed by atoms with Crippen LogP contribution in [-0.4, -0.2) is 35.2 Å². The molecule has 0 amide bonds. The van der Waals surface area contributed by atoms with Gasteiger partial charge in [0.2, 0.25) is 0 Å². The maximum Gasteiger partial charge on any atom is 0.358 e. The largest absolute Gasteiger partial charge is 0.461 e. The number of pyridine rings is 1. The number of nitriles is 1. The minimum absolute atomic E-state index is 0.285. The number of benzene rings is 3. The summed E-state index contributed by atoms with van der Waals surface area (Å²) in [6, 6.07) is 29.5. The van der Waals surface area contributed by atoms with Crippen LogP contribution in [-0.2, 0) is 14.9 Å². The number of hydrogen-bond acceptors (Lipinski definition) is 6. The van der Waals surface area contributed by atoms with Crippen LogP contribution in [0.3, 0.4) is 0 Å². The number of nitrogens with zero attached hydrogens (tertiary/aromatic N) is 3. The molecule has 6 nitrogen and oxygen atoms in total. The summed E-state index contributed by atoms with van der Waals surface area (Å²) >= 11 is 1.66. The molecule has 0 bridgehead atoms. The molecule has 0 spiro atoms.